The molecule has 0 bridgehead atoms. The lowest BCUT2D eigenvalue weighted by atomic mass is 9.99. The predicted octanol–water partition coefficient (Wildman–Crippen LogP) is 5.09. The SMILES string of the molecule is CCN(c1ccc2c(c1)nc(C(C)(C)OC)n2CC1CCOCC1)S(=O)(=O)c1ccc(NC(=O)NC(C)C)cc1. The lowest BCUT2D eigenvalue weighted by Gasteiger charge is -2.27. The smallest absolute Gasteiger partial charge is 0.319 e. The molecule has 1 aromatic heterocycles. The highest BCUT2D eigenvalue weighted by Gasteiger charge is 2.30. The van der Waals surface area contributed by atoms with Crippen LogP contribution in [0, 0.1) is 5.92 Å². The number of anilines is 2. The minimum absolute atomic E-state index is 0.0139. The molecule has 10 nitrogen and oxygen atoms in total. The minimum atomic E-state index is -3.86. The minimum Gasteiger partial charge on any atom is -0.381 e. The van der Waals surface area contributed by atoms with Crippen molar-refractivity contribution in [1.82, 2.24) is 14.9 Å². The number of nitrogens with one attached hydrogen (secondary N) is 2. The van der Waals surface area contributed by atoms with E-state index >= 15 is 0 Å². The Balaban J connectivity index is 1.65. The molecule has 3 aromatic rings. The maximum absolute atomic E-state index is 13.7. The molecule has 0 atom stereocenters. The molecule has 11 heteroatoms. The van der Waals surface area contributed by atoms with Gasteiger partial charge in [0.05, 0.1) is 21.6 Å². The van der Waals surface area contributed by atoms with Crippen LogP contribution in [-0.4, -0.2) is 56.9 Å². The molecule has 2 heterocycles. The predicted molar refractivity (Wildman–Crippen MR) is 157 cm³/mol. The number of imidazole rings is 1. The zero-order valence-corrected chi connectivity index (χ0v) is 25.0. The number of fused-ring (bicyclic) bond motifs is 1. The lowest BCUT2D eigenvalue weighted by molar-refractivity contribution is 0.00684. The maximum atomic E-state index is 13.7. The van der Waals surface area contributed by atoms with Gasteiger partial charge < -0.3 is 24.7 Å². The summed E-state index contributed by atoms with van der Waals surface area (Å²) in [4.78, 5) is 17.1. The van der Waals surface area contributed by atoms with Crippen molar-refractivity contribution in [2.24, 2.45) is 5.92 Å². The summed E-state index contributed by atoms with van der Waals surface area (Å²) in [6, 6.07) is 11.4. The zero-order chi connectivity index (χ0) is 29.1. The highest BCUT2D eigenvalue weighted by atomic mass is 32.2. The Morgan fingerprint density at radius 3 is 2.45 bits per heavy atom. The van der Waals surface area contributed by atoms with E-state index in [-0.39, 0.29) is 23.5 Å². The van der Waals surface area contributed by atoms with Gasteiger partial charge in [0.1, 0.15) is 11.4 Å². The maximum Gasteiger partial charge on any atom is 0.319 e. The quantitative estimate of drug-likeness (QED) is 0.350. The normalized spacial score (nSPS) is 15.0. The molecule has 1 aliphatic heterocycles. The number of hydrogen-bond acceptors (Lipinski definition) is 6. The van der Waals surface area contributed by atoms with Gasteiger partial charge in [0.25, 0.3) is 10.0 Å². The number of carbonyl (C=O) groups is 1. The van der Waals surface area contributed by atoms with Crippen LogP contribution in [0.4, 0.5) is 16.2 Å². The van der Waals surface area contributed by atoms with Crippen molar-refractivity contribution in [3.8, 4) is 0 Å². The molecule has 0 unspecified atom stereocenters. The van der Waals surface area contributed by atoms with E-state index in [1.165, 1.54) is 16.4 Å². The van der Waals surface area contributed by atoms with Crippen molar-refractivity contribution >= 4 is 38.5 Å². The molecule has 0 spiro atoms. The first kappa shape index (κ1) is 29.8. The Morgan fingerprint density at radius 1 is 1.18 bits per heavy atom. The van der Waals surface area contributed by atoms with Gasteiger partial charge in [-0.25, -0.2) is 18.2 Å². The van der Waals surface area contributed by atoms with Crippen molar-refractivity contribution in [2.75, 3.05) is 36.5 Å². The first-order valence-electron chi connectivity index (χ1n) is 13.8. The first-order valence-corrected chi connectivity index (χ1v) is 15.2. The second kappa shape index (κ2) is 12.2. The summed E-state index contributed by atoms with van der Waals surface area (Å²) in [5.74, 6) is 1.28. The second-order valence-corrected chi connectivity index (χ2v) is 12.8. The molecule has 0 aliphatic carbocycles. The number of urea groups is 1. The largest absolute Gasteiger partial charge is 0.381 e. The summed E-state index contributed by atoms with van der Waals surface area (Å²) in [7, 11) is -2.19. The summed E-state index contributed by atoms with van der Waals surface area (Å²) < 4.78 is 42.3. The average Bonchev–Trinajstić information content (AvgIpc) is 3.27. The van der Waals surface area contributed by atoms with Gasteiger partial charge in [-0.1, -0.05) is 0 Å². The number of benzene rings is 2. The molecule has 2 amide bonds. The van der Waals surface area contributed by atoms with E-state index in [0.717, 1.165) is 43.9 Å². The number of aromatic nitrogens is 2. The number of rotatable bonds is 10. The van der Waals surface area contributed by atoms with Crippen LogP contribution in [0.1, 0.15) is 53.3 Å². The first-order chi connectivity index (χ1) is 19.0. The molecule has 1 fully saturated rings. The number of methoxy groups -OCH3 is 1. The van der Waals surface area contributed by atoms with E-state index in [2.05, 4.69) is 15.2 Å². The van der Waals surface area contributed by atoms with E-state index < -0.39 is 15.6 Å². The number of carbonyl (C=O) groups excluding carboxylic acids is 1. The van der Waals surface area contributed by atoms with Crippen LogP contribution in [0.15, 0.2) is 47.4 Å². The highest BCUT2D eigenvalue weighted by Crippen LogP contribution is 2.33. The molecule has 2 aromatic carbocycles. The monoisotopic (exact) mass is 571 g/mol. The van der Waals surface area contributed by atoms with Gasteiger partial charge >= 0.3 is 6.03 Å². The Bertz CT molecular complexity index is 1430. The van der Waals surface area contributed by atoms with Crippen molar-refractivity contribution in [3.05, 3.63) is 48.3 Å². The number of amides is 2. The van der Waals surface area contributed by atoms with E-state index in [9.17, 15) is 13.2 Å². The van der Waals surface area contributed by atoms with Crippen LogP contribution in [0.25, 0.3) is 11.0 Å². The van der Waals surface area contributed by atoms with E-state index in [4.69, 9.17) is 14.5 Å². The molecule has 0 saturated carbocycles. The number of ether oxygens (including phenoxy) is 2. The van der Waals surface area contributed by atoms with Crippen molar-refractivity contribution < 1.29 is 22.7 Å². The topological polar surface area (TPSA) is 115 Å². The van der Waals surface area contributed by atoms with Gasteiger partial charge in [0.2, 0.25) is 0 Å². The third-order valence-electron chi connectivity index (χ3n) is 7.26. The molecule has 1 saturated heterocycles. The van der Waals surface area contributed by atoms with Gasteiger partial charge in [-0.2, -0.15) is 0 Å². The molecule has 4 rings (SSSR count). The van der Waals surface area contributed by atoms with Crippen molar-refractivity contribution in [3.63, 3.8) is 0 Å². The number of nitrogens with zero attached hydrogens (tertiary/aromatic N) is 3. The standard InChI is InChI=1S/C29H41N5O5S/c1-7-34(40(36,37)24-11-8-22(9-12-24)31-28(35)30-20(2)3)23-10-13-26-25(18-23)32-27(29(4,5)38-6)33(26)19-21-14-16-39-17-15-21/h8-13,18,20-21H,7,14-17,19H2,1-6H3,(H2,30,31,35). The molecule has 0 radical (unpaired) electrons. The van der Waals surface area contributed by atoms with Crippen LogP contribution in [0.2, 0.25) is 0 Å². The second-order valence-electron chi connectivity index (χ2n) is 10.9. The lowest BCUT2D eigenvalue weighted by Crippen LogP contribution is -2.34. The van der Waals surface area contributed by atoms with Crippen LogP contribution < -0.4 is 14.9 Å². The summed E-state index contributed by atoms with van der Waals surface area (Å²) in [5, 5.41) is 5.46. The molecule has 218 valence electrons. The molecular weight excluding hydrogens is 530 g/mol. The Hall–Kier alpha value is -3.15. The fourth-order valence-corrected chi connectivity index (χ4v) is 6.42. The van der Waals surface area contributed by atoms with Gasteiger partial charge in [-0.3, -0.25) is 4.31 Å². The summed E-state index contributed by atoms with van der Waals surface area (Å²) in [5.41, 5.74) is 2.08. The fourth-order valence-electron chi connectivity index (χ4n) is 4.95. The van der Waals surface area contributed by atoms with Crippen LogP contribution in [0.3, 0.4) is 0 Å². The average molecular weight is 572 g/mol. The van der Waals surface area contributed by atoms with E-state index in [1.54, 1.807) is 26.2 Å². The Kier molecular flexibility index (Phi) is 9.06. The van der Waals surface area contributed by atoms with Crippen molar-refractivity contribution in [1.29, 1.82) is 0 Å². The van der Waals surface area contributed by atoms with Gasteiger partial charge in [-0.15, -0.1) is 0 Å². The molecule has 40 heavy (non-hydrogen) atoms. The summed E-state index contributed by atoms with van der Waals surface area (Å²) in [6.45, 7) is 12.1. The fraction of sp³-hybridized carbons (Fsp3) is 0.517. The number of hydrogen-bond donors (Lipinski definition) is 2. The van der Waals surface area contributed by atoms with E-state index in [0.29, 0.717) is 22.8 Å². The van der Waals surface area contributed by atoms with Crippen LogP contribution in [0.5, 0.6) is 0 Å². The van der Waals surface area contributed by atoms with Gasteiger partial charge in [0, 0.05) is 45.1 Å². The van der Waals surface area contributed by atoms with E-state index in [1.807, 2.05) is 45.9 Å². The highest BCUT2D eigenvalue weighted by molar-refractivity contribution is 7.92. The third kappa shape index (κ3) is 6.42. The summed E-state index contributed by atoms with van der Waals surface area (Å²) in [6.07, 6.45) is 1.98. The van der Waals surface area contributed by atoms with Gasteiger partial charge in [0.15, 0.2) is 0 Å². The third-order valence-corrected chi connectivity index (χ3v) is 9.17. The molecule has 2 N–H and O–H groups in total. The van der Waals surface area contributed by atoms with Crippen LogP contribution in [-0.2, 0) is 31.6 Å². The van der Waals surface area contributed by atoms with Crippen molar-refractivity contribution in [2.45, 2.75) is 70.5 Å². The Morgan fingerprint density at radius 2 is 1.85 bits per heavy atom. The zero-order valence-electron chi connectivity index (χ0n) is 24.2. The number of sulfonamides is 1. The van der Waals surface area contributed by atoms with Crippen LogP contribution >= 0.6 is 0 Å². The van der Waals surface area contributed by atoms with Gasteiger partial charge in [-0.05, 0) is 95.8 Å². The Labute approximate surface area is 237 Å². The summed E-state index contributed by atoms with van der Waals surface area (Å²) >= 11 is 0. The molecular formula is C29H41N5O5S. The molecule has 1 aliphatic rings.